The fourth-order valence-electron chi connectivity index (χ4n) is 4.05. The summed E-state index contributed by atoms with van der Waals surface area (Å²) in [4.78, 5) is 32.2. The van der Waals surface area contributed by atoms with E-state index in [-0.39, 0.29) is 18.0 Å². The van der Waals surface area contributed by atoms with E-state index in [0.717, 1.165) is 18.5 Å². The molecule has 2 heterocycles. The highest BCUT2D eigenvalue weighted by molar-refractivity contribution is 5.76. The van der Waals surface area contributed by atoms with Crippen molar-refractivity contribution in [2.45, 2.75) is 33.0 Å². The lowest BCUT2D eigenvalue weighted by atomic mass is 10.0. The number of hydrogen-bond acceptors (Lipinski definition) is 6. The third kappa shape index (κ3) is 5.00. The maximum Gasteiger partial charge on any atom is 0.255 e. The normalized spacial score (nSPS) is 12.8. The SMILES string of the molecule is COc1ccc(CNC(=O)Cn2c(N3CCc4ccccc4C3)nc(C)cc2=O)cc1OC. The van der Waals surface area contributed by atoms with Gasteiger partial charge in [0, 0.05) is 31.4 Å². The second-order valence-corrected chi connectivity index (χ2v) is 8.03. The van der Waals surface area contributed by atoms with Crippen LogP contribution in [0.25, 0.3) is 0 Å². The molecule has 0 spiro atoms. The van der Waals surface area contributed by atoms with Crippen LogP contribution in [-0.2, 0) is 30.8 Å². The molecule has 1 aromatic heterocycles. The Labute approximate surface area is 192 Å². The molecule has 0 bridgehead atoms. The van der Waals surface area contributed by atoms with Gasteiger partial charge in [0.05, 0.1) is 14.2 Å². The third-order valence-electron chi connectivity index (χ3n) is 5.77. The Morgan fingerprint density at radius 2 is 1.82 bits per heavy atom. The minimum atomic E-state index is -0.267. The Kier molecular flexibility index (Phi) is 6.63. The first-order chi connectivity index (χ1) is 16.0. The number of benzene rings is 2. The third-order valence-corrected chi connectivity index (χ3v) is 5.77. The molecule has 1 aliphatic rings. The van der Waals surface area contributed by atoms with Crippen LogP contribution in [0.3, 0.4) is 0 Å². The molecule has 0 aliphatic carbocycles. The van der Waals surface area contributed by atoms with Gasteiger partial charge in [0.25, 0.3) is 5.56 Å². The van der Waals surface area contributed by atoms with Gasteiger partial charge in [-0.1, -0.05) is 30.3 Å². The minimum absolute atomic E-state index is 0.104. The van der Waals surface area contributed by atoms with Crippen LogP contribution in [0.2, 0.25) is 0 Å². The fourth-order valence-corrected chi connectivity index (χ4v) is 4.05. The molecule has 8 nitrogen and oxygen atoms in total. The highest BCUT2D eigenvalue weighted by Crippen LogP contribution is 2.27. The van der Waals surface area contributed by atoms with E-state index >= 15 is 0 Å². The van der Waals surface area contributed by atoms with Gasteiger partial charge in [-0.05, 0) is 42.2 Å². The fraction of sp³-hybridized carbons (Fsp3) is 0.320. The number of aromatic nitrogens is 2. The lowest BCUT2D eigenvalue weighted by Gasteiger charge is -2.31. The first kappa shape index (κ1) is 22.4. The summed E-state index contributed by atoms with van der Waals surface area (Å²) in [5, 5.41) is 2.88. The van der Waals surface area contributed by atoms with Crippen molar-refractivity contribution in [2.75, 3.05) is 25.7 Å². The van der Waals surface area contributed by atoms with E-state index in [9.17, 15) is 9.59 Å². The number of methoxy groups -OCH3 is 2. The van der Waals surface area contributed by atoms with Crippen molar-refractivity contribution in [3.05, 3.63) is 81.3 Å². The van der Waals surface area contributed by atoms with Crippen LogP contribution in [0.5, 0.6) is 11.5 Å². The highest BCUT2D eigenvalue weighted by Gasteiger charge is 2.22. The van der Waals surface area contributed by atoms with Gasteiger partial charge in [-0.25, -0.2) is 4.98 Å². The standard InChI is InChI=1S/C25H28N4O4/c1-17-12-24(31)29(25(27-17)28-11-10-19-6-4-5-7-20(19)15-28)16-23(30)26-14-18-8-9-21(32-2)22(13-18)33-3/h4-9,12-13H,10-11,14-16H2,1-3H3,(H,26,30). The quantitative estimate of drug-likeness (QED) is 0.598. The number of hydrogen-bond donors (Lipinski definition) is 1. The molecule has 0 unspecified atom stereocenters. The van der Waals surface area contributed by atoms with Gasteiger partial charge in [-0.2, -0.15) is 0 Å². The molecular formula is C25H28N4O4. The first-order valence-electron chi connectivity index (χ1n) is 10.9. The predicted molar refractivity (Wildman–Crippen MR) is 126 cm³/mol. The predicted octanol–water partition coefficient (Wildman–Crippen LogP) is 2.45. The number of fused-ring (bicyclic) bond motifs is 1. The van der Waals surface area contributed by atoms with Gasteiger partial charge in [0.2, 0.25) is 11.9 Å². The number of ether oxygens (including phenoxy) is 2. The number of anilines is 1. The largest absolute Gasteiger partial charge is 0.493 e. The van der Waals surface area contributed by atoms with Crippen LogP contribution in [0.1, 0.15) is 22.4 Å². The van der Waals surface area contributed by atoms with E-state index in [0.29, 0.717) is 36.2 Å². The lowest BCUT2D eigenvalue weighted by Crippen LogP contribution is -2.39. The van der Waals surface area contributed by atoms with E-state index in [4.69, 9.17) is 9.47 Å². The molecule has 3 aromatic rings. The van der Waals surface area contributed by atoms with Crippen molar-refractivity contribution in [3.63, 3.8) is 0 Å². The Morgan fingerprint density at radius 1 is 1.06 bits per heavy atom. The second kappa shape index (κ2) is 9.77. The monoisotopic (exact) mass is 448 g/mol. The Bertz CT molecular complexity index is 1220. The number of nitrogens with one attached hydrogen (secondary N) is 1. The van der Waals surface area contributed by atoms with Gasteiger partial charge < -0.3 is 19.7 Å². The average Bonchev–Trinajstić information content (AvgIpc) is 2.83. The summed E-state index contributed by atoms with van der Waals surface area (Å²) in [6.07, 6.45) is 0.867. The maximum absolute atomic E-state index is 12.8. The highest BCUT2D eigenvalue weighted by atomic mass is 16.5. The molecule has 0 saturated carbocycles. The van der Waals surface area contributed by atoms with E-state index < -0.39 is 0 Å². The van der Waals surface area contributed by atoms with Gasteiger partial charge in [0.15, 0.2) is 11.5 Å². The van der Waals surface area contributed by atoms with Crippen LogP contribution in [0.15, 0.2) is 53.3 Å². The summed E-state index contributed by atoms with van der Waals surface area (Å²) in [5.41, 5.74) is 3.78. The zero-order valence-electron chi connectivity index (χ0n) is 19.1. The van der Waals surface area contributed by atoms with Gasteiger partial charge >= 0.3 is 0 Å². The number of rotatable bonds is 7. The Hall–Kier alpha value is -3.81. The molecule has 0 saturated heterocycles. The summed E-state index contributed by atoms with van der Waals surface area (Å²) < 4.78 is 12.0. The molecule has 4 rings (SSSR count). The van der Waals surface area contributed by atoms with Crippen molar-refractivity contribution in [3.8, 4) is 11.5 Å². The van der Waals surface area contributed by atoms with E-state index in [1.807, 2.05) is 24.3 Å². The van der Waals surface area contributed by atoms with Crippen LogP contribution < -0.4 is 25.2 Å². The molecule has 0 atom stereocenters. The minimum Gasteiger partial charge on any atom is -0.493 e. The number of carbonyl (C=O) groups is 1. The number of amides is 1. The van der Waals surface area contributed by atoms with Crippen molar-refractivity contribution in [1.82, 2.24) is 14.9 Å². The van der Waals surface area contributed by atoms with Gasteiger partial charge in [-0.3, -0.25) is 14.2 Å². The molecule has 33 heavy (non-hydrogen) atoms. The average molecular weight is 449 g/mol. The van der Waals surface area contributed by atoms with Crippen LogP contribution in [0.4, 0.5) is 5.95 Å². The number of carbonyl (C=O) groups excluding carboxylic acids is 1. The van der Waals surface area contributed by atoms with E-state index in [2.05, 4.69) is 27.3 Å². The second-order valence-electron chi connectivity index (χ2n) is 8.03. The molecular weight excluding hydrogens is 420 g/mol. The Morgan fingerprint density at radius 3 is 2.58 bits per heavy atom. The molecule has 8 heteroatoms. The van der Waals surface area contributed by atoms with Crippen molar-refractivity contribution >= 4 is 11.9 Å². The summed E-state index contributed by atoms with van der Waals surface area (Å²) >= 11 is 0. The smallest absolute Gasteiger partial charge is 0.255 e. The molecule has 0 fully saturated rings. The zero-order valence-corrected chi connectivity index (χ0v) is 19.1. The van der Waals surface area contributed by atoms with Gasteiger partial charge in [0.1, 0.15) is 6.54 Å². The summed E-state index contributed by atoms with van der Waals surface area (Å²) in [5.74, 6) is 1.47. The van der Waals surface area contributed by atoms with E-state index in [1.165, 1.54) is 21.8 Å². The van der Waals surface area contributed by atoms with Crippen LogP contribution in [-0.4, -0.2) is 36.2 Å². The summed E-state index contributed by atoms with van der Waals surface area (Å²) in [6.45, 7) is 3.39. The van der Waals surface area contributed by atoms with Crippen molar-refractivity contribution in [1.29, 1.82) is 0 Å². The summed E-state index contributed by atoms with van der Waals surface area (Å²) in [6, 6.07) is 15.2. The first-order valence-corrected chi connectivity index (χ1v) is 10.9. The molecule has 1 N–H and O–H groups in total. The van der Waals surface area contributed by atoms with Gasteiger partial charge in [-0.15, -0.1) is 0 Å². The summed E-state index contributed by atoms with van der Waals surface area (Å²) in [7, 11) is 3.14. The molecule has 1 amide bonds. The molecule has 172 valence electrons. The van der Waals surface area contributed by atoms with Crippen LogP contribution >= 0.6 is 0 Å². The van der Waals surface area contributed by atoms with Crippen molar-refractivity contribution in [2.24, 2.45) is 0 Å². The molecule has 0 radical (unpaired) electrons. The number of aryl methyl sites for hydroxylation is 1. The van der Waals surface area contributed by atoms with Crippen LogP contribution in [0, 0.1) is 6.92 Å². The van der Waals surface area contributed by atoms with Crippen molar-refractivity contribution < 1.29 is 14.3 Å². The molecule has 1 aliphatic heterocycles. The number of nitrogens with zero attached hydrogens (tertiary/aromatic N) is 3. The zero-order chi connectivity index (χ0) is 23.4. The topological polar surface area (TPSA) is 85.7 Å². The maximum atomic E-state index is 12.8. The lowest BCUT2D eigenvalue weighted by molar-refractivity contribution is -0.121. The Balaban J connectivity index is 1.50. The van der Waals surface area contributed by atoms with E-state index in [1.54, 1.807) is 27.2 Å². The molecule has 2 aromatic carbocycles.